The number of aliphatic hydroxyl groups is 1. The second-order valence-corrected chi connectivity index (χ2v) is 5.58. The summed E-state index contributed by atoms with van der Waals surface area (Å²) < 4.78 is 0. The van der Waals surface area contributed by atoms with Crippen LogP contribution in [-0.4, -0.2) is 59.6 Å². The second kappa shape index (κ2) is 6.75. The molecule has 1 heterocycles. The van der Waals surface area contributed by atoms with Crippen LogP contribution in [0.25, 0.3) is 0 Å². The summed E-state index contributed by atoms with van der Waals surface area (Å²) in [6.45, 7) is 5.51. The third-order valence-corrected chi connectivity index (χ3v) is 4.11. The van der Waals surface area contributed by atoms with Crippen molar-refractivity contribution in [1.29, 1.82) is 0 Å². The molecule has 21 heavy (non-hydrogen) atoms. The average molecular weight is 286 g/mol. The van der Waals surface area contributed by atoms with Crippen molar-refractivity contribution in [3.05, 3.63) is 35.4 Å². The van der Waals surface area contributed by atoms with Gasteiger partial charge in [-0.05, 0) is 33.0 Å². The Kier molecular flexibility index (Phi) is 5.00. The number of carbonyl (C=O) groups excluding carboxylic acids is 1. The Balaban J connectivity index is 2.24. The number of piperazine rings is 1. The van der Waals surface area contributed by atoms with Crippen LogP contribution in [0.1, 0.15) is 29.8 Å². The van der Waals surface area contributed by atoms with E-state index in [1.54, 1.807) is 6.07 Å². The van der Waals surface area contributed by atoms with Crippen LogP contribution in [0.4, 0.5) is 0 Å². The Bertz CT molecular complexity index is 562. The highest BCUT2D eigenvalue weighted by molar-refractivity contribution is 5.96. The van der Waals surface area contributed by atoms with E-state index in [1.165, 1.54) is 0 Å². The third kappa shape index (κ3) is 3.44. The molecule has 112 valence electrons. The predicted octanol–water partition coefficient (Wildman–Crippen LogP) is 1.20. The van der Waals surface area contributed by atoms with E-state index < -0.39 is 0 Å². The molecular formula is C17H22N2O2. The Morgan fingerprint density at radius 3 is 2.52 bits per heavy atom. The monoisotopic (exact) mass is 286 g/mol. The maximum absolute atomic E-state index is 12.8. The average Bonchev–Trinajstić information content (AvgIpc) is 2.49. The Morgan fingerprint density at radius 2 is 1.90 bits per heavy atom. The van der Waals surface area contributed by atoms with Gasteiger partial charge in [0.25, 0.3) is 5.91 Å². The van der Waals surface area contributed by atoms with Gasteiger partial charge in [-0.2, -0.15) is 0 Å². The normalized spacial score (nSPS) is 22.6. The molecule has 0 saturated carbocycles. The molecule has 0 aromatic heterocycles. The van der Waals surface area contributed by atoms with Gasteiger partial charge in [0.15, 0.2) is 0 Å². The molecule has 4 heteroatoms. The largest absolute Gasteiger partial charge is 0.384 e. The van der Waals surface area contributed by atoms with Crippen LogP contribution in [0, 0.1) is 11.8 Å². The van der Waals surface area contributed by atoms with Crippen LogP contribution >= 0.6 is 0 Å². The van der Waals surface area contributed by atoms with E-state index in [-0.39, 0.29) is 12.5 Å². The van der Waals surface area contributed by atoms with Crippen LogP contribution in [0.2, 0.25) is 0 Å². The van der Waals surface area contributed by atoms with Crippen LogP contribution < -0.4 is 0 Å². The zero-order chi connectivity index (χ0) is 15.4. The van der Waals surface area contributed by atoms with Crippen molar-refractivity contribution in [3.63, 3.8) is 0 Å². The number of likely N-dealkylation sites (N-methyl/N-ethyl adjacent to an activating group) is 1. The first-order valence-corrected chi connectivity index (χ1v) is 7.24. The summed E-state index contributed by atoms with van der Waals surface area (Å²) in [6, 6.07) is 8.01. The fraction of sp³-hybridized carbons (Fsp3) is 0.471. The number of carbonyl (C=O) groups is 1. The van der Waals surface area contributed by atoms with Gasteiger partial charge in [-0.15, -0.1) is 0 Å². The van der Waals surface area contributed by atoms with Crippen molar-refractivity contribution in [3.8, 4) is 11.8 Å². The number of aliphatic hydroxyl groups excluding tert-OH is 1. The standard InChI is InChI=1S/C17H22N2O2/c1-13-11-19(12-14(2)18(13)3)17(21)16-9-5-4-7-15(16)8-6-10-20/h4-5,7,9,13-14,20H,10-12H2,1-3H3. The zero-order valence-electron chi connectivity index (χ0n) is 12.8. The van der Waals surface area contributed by atoms with Crippen LogP contribution in [-0.2, 0) is 0 Å². The lowest BCUT2D eigenvalue weighted by molar-refractivity contribution is 0.0414. The van der Waals surface area contributed by atoms with Gasteiger partial charge >= 0.3 is 0 Å². The molecule has 0 radical (unpaired) electrons. The summed E-state index contributed by atoms with van der Waals surface area (Å²) in [5.41, 5.74) is 1.29. The van der Waals surface area contributed by atoms with E-state index in [1.807, 2.05) is 23.1 Å². The molecule has 2 rings (SSSR count). The van der Waals surface area contributed by atoms with Gasteiger partial charge < -0.3 is 10.0 Å². The molecule has 1 amide bonds. The lowest BCUT2D eigenvalue weighted by atomic mass is 10.0. The minimum absolute atomic E-state index is 0.0182. The van der Waals surface area contributed by atoms with Gasteiger partial charge in [0.1, 0.15) is 6.61 Å². The molecule has 1 N–H and O–H groups in total. The molecule has 0 aliphatic carbocycles. The molecule has 1 aromatic carbocycles. The summed E-state index contributed by atoms with van der Waals surface area (Å²) in [5, 5.41) is 8.83. The van der Waals surface area contributed by atoms with Gasteiger partial charge in [-0.25, -0.2) is 0 Å². The third-order valence-electron chi connectivity index (χ3n) is 4.11. The molecule has 1 fully saturated rings. The van der Waals surface area contributed by atoms with Gasteiger partial charge in [0, 0.05) is 30.7 Å². The molecule has 1 aromatic rings. The van der Waals surface area contributed by atoms with Crippen molar-refractivity contribution >= 4 is 5.91 Å². The number of amides is 1. The van der Waals surface area contributed by atoms with E-state index >= 15 is 0 Å². The molecule has 4 nitrogen and oxygen atoms in total. The minimum atomic E-state index is -0.203. The first-order chi connectivity index (χ1) is 10.0. The maximum Gasteiger partial charge on any atom is 0.255 e. The predicted molar refractivity (Wildman–Crippen MR) is 83.0 cm³/mol. The number of rotatable bonds is 1. The summed E-state index contributed by atoms with van der Waals surface area (Å²) in [6.07, 6.45) is 0. The molecular weight excluding hydrogens is 264 g/mol. The lowest BCUT2D eigenvalue weighted by Gasteiger charge is -2.42. The fourth-order valence-electron chi connectivity index (χ4n) is 2.65. The Hall–Kier alpha value is -1.83. The smallest absolute Gasteiger partial charge is 0.255 e. The molecule has 0 bridgehead atoms. The highest BCUT2D eigenvalue weighted by atomic mass is 16.2. The van der Waals surface area contributed by atoms with Crippen LogP contribution in [0.5, 0.6) is 0 Å². The topological polar surface area (TPSA) is 43.8 Å². The lowest BCUT2D eigenvalue weighted by Crippen LogP contribution is -2.56. The molecule has 1 aliphatic rings. The molecule has 1 saturated heterocycles. The van der Waals surface area contributed by atoms with Crippen molar-refractivity contribution in [2.75, 3.05) is 26.7 Å². The van der Waals surface area contributed by atoms with Gasteiger partial charge in [0.05, 0.1) is 5.56 Å². The molecule has 1 aliphatic heterocycles. The second-order valence-electron chi connectivity index (χ2n) is 5.58. The van der Waals surface area contributed by atoms with E-state index in [0.29, 0.717) is 23.2 Å². The van der Waals surface area contributed by atoms with Gasteiger partial charge in [0.2, 0.25) is 0 Å². The molecule has 2 atom stereocenters. The van der Waals surface area contributed by atoms with E-state index in [2.05, 4.69) is 37.6 Å². The van der Waals surface area contributed by atoms with Gasteiger partial charge in [-0.1, -0.05) is 24.0 Å². The van der Waals surface area contributed by atoms with Crippen molar-refractivity contribution in [2.45, 2.75) is 25.9 Å². The van der Waals surface area contributed by atoms with Crippen molar-refractivity contribution in [2.24, 2.45) is 0 Å². The Labute approximate surface area is 126 Å². The Morgan fingerprint density at radius 1 is 1.29 bits per heavy atom. The summed E-state index contributed by atoms with van der Waals surface area (Å²) in [4.78, 5) is 16.9. The highest BCUT2D eigenvalue weighted by Crippen LogP contribution is 2.18. The van der Waals surface area contributed by atoms with Crippen molar-refractivity contribution < 1.29 is 9.90 Å². The van der Waals surface area contributed by atoms with Crippen LogP contribution in [0.15, 0.2) is 24.3 Å². The minimum Gasteiger partial charge on any atom is -0.384 e. The SMILES string of the molecule is CC1CN(C(=O)c2ccccc2C#CCO)CC(C)N1C. The summed E-state index contributed by atoms with van der Waals surface area (Å²) >= 11 is 0. The first-order valence-electron chi connectivity index (χ1n) is 7.24. The van der Waals surface area contributed by atoms with Crippen molar-refractivity contribution in [1.82, 2.24) is 9.80 Å². The number of benzene rings is 1. The number of hydrogen-bond acceptors (Lipinski definition) is 3. The summed E-state index contributed by atoms with van der Waals surface area (Å²) in [5.74, 6) is 5.49. The highest BCUT2D eigenvalue weighted by Gasteiger charge is 2.30. The summed E-state index contributed by atoms with van der Waals surface area (Å²) in [7, 11) is 2.10. The van der Waals surface area contributed by atoms with E-state index in [4.69, 9.17) is 5.11 Å². The number of nitrogens with zero attached hydrogens (tertiary/aromatic N) is 2. The number of hydrogen-bond donors (Lipinski definition) is 1. The molecule has 2 unspecified atom stereocenters. The quantitative estimate of drug-likeness (QED) is 0.789. The van der Waals surface area contributed by atoms with E-state index in [9.17, 15) is 4.79 Å². The van der Waals surface area contributed by atoms with Crippen LogP contribution in [0.3, 0.4) is 0 Å². The fourth-order valence-corrected chi connectivity index (χ4v) is 2.65. The first kappa shape index (κ1) is 15.6. The zero-order valence-corrected chi connectivity index (χ0v) is 12.8. The maximum atomic E-state index is 12.8. The van der Waals surface area contributed by atoms with E-state index in [0.717, 1.165) is 13.1 Å². The van der Waals surface area contributed by atoms with Gasteiger partial charge in [-0.3, -0.25) is 9.69 Å². The molecule has 0 spiro atoms.